The standard InChI is InChI=1S/C37H29NS/c1-26-17-18-30(28-19-21-33(22-20-28)38-32-15-9-4-10-16-32)23-34(26)37-35(29-13-7-3-8-14-29)24-31(25-36(37)39)27-11-5-2-6-12-27/h2-25,38-39H,1H3. The van der Waals surface area contributed by atoms with Gasteiger partial charge < -0.3 is 5.32 Å². The molecule has 2 heteroatoms. The van der Waals surface area contributed by atoms with Crippen molar-refractivity contribution in [3.63, 3.8) is 0 Å². The Morgan fingerprint density at radius 2 is 0.949 bits per heavy atom. The molecule has 1 N–H and O–H groups in total. The largest absolute Gasteiger partial charge is 0.356 e. The third kappa shape index (κ3) is 5.38. The van der Waals surface area contributed by atoms with Gasteiger partial charge in [0.2, 0.25) is 0 Å². The zero-order chi connectivity index (χ0) is 26.6. The molecule has 0 fully saturated rings. The third-order valence-corrected chi connectivity index (χ3v) is 7.45. The molecule has 188 valence electrons. The van der Waals surface area contributed by atoms with Crippen LogP contribution in [0.25, 0.3) is 44.5 Å². The number of hydrogen-bond acceptors (Lipinski definition) is 2. The first-order valence-corrected chi connectivity index (χ1v) is 13.6. The molecule has 6 aromatic carbocycles. The predicted molar refractivity (Wildman–Crippen MR) is 170 cm³/mol. The zero-order valence-electron chi connectivity index (χ0n) is 21.8. The molecule has 0 aliphatic heterocycles. The molecule has 0 saturated carbocycles. The summed E-state index contributed by atoms with van der Waals surface area (Å²) in [6, 6.07) is 51.2. The van der Waals surface area contributed by atoms with Crippen molar-refractivity contribution in [3.05, 3.63) is 151 Å². The summed E-state index contributed by atoms with van der Waals surface area (Å²) in [6.45, 7) is 2.18. The Kier molecular flexibility index (Phi) is 7.03. The van der Waals surface area contributed by atoms with Gasteiger partial charge in [0.15, 0.2) is 0 Å². The van der Waals surface area contributed by atoms with Crippen LogP contribution in [-0.2, 0) is 0 Å². The minimum absolute atomic E-state index is 0.970. The molecule has 0 unspecified atom stereocenters. The molecule has 0 aliphatic carbocycles. The quantitative estimate of drug-likeness (QED) is 0.209. The van der Waals surface area contributed by atoms with Gasteiger partial charge in [-0.05, 0) is 93.9 Å². The number of rotatable bonds is 6. The summed E-state index contributed by atoms with van der Waals surface area (Å²) in [5.41, 5.74) is 12.8. The van der Waals surface area contributed by atoms with Crippen LogP contribution < -0.4 is 5.32 Å². The Hall–Kier alpha value is -4.53. The van der Waals surface area contributed by atoms with Gasteiger partial charge in [-0.25, -0.2) is 0 Å². The Balaban J connectivity index is 1.43. The molecule has 6 aromatic rings. The van der Waals surface area contributed by atoms with Crippen LogP contribution in [-0.4, -0.2) is 0 Å². The lowest BCUT2D eigenvalue weighted by Crippen LogP contribution is -1.93. The lowest BCUT2D eigenvalue weighted by molar-refractivity contribution is 1.39. The van der Waals surface area contributed by atoms with E-state index in [1.807, 2.05) is 18.2 Å². The van der Waals surface area contributed by atoms with Crippen LogP contribution in [0, 0.1) is 6.92 Å². The van der Waals surface area contributed by atoms with E-state index in [1.54, 1.807) is 0 Å². The van der Waals surface area contributed by atoms with E-state index in [2.05, 4.69) is 140 Å². The van der Waals surface area contributed by atoms with E-state index in [4.69, 9.17) is 12.6 Å². The summed E-state index contributed by atoms with van der Waals surface area (Å²) in [7, 11) is 0. The summed E-state index contributed by atoms with van der Waals surface area (Å²) in [4.78, 5) is 0.970. The summed E-state index contributed by atoms with van der Waals surface area (Å²) in [5, 5.41) is 3.47. The summed E-state index contributed by atoms with van der Waals surface area (Å²) < 4.78 is 0. The van der Waals surface area contributed by atoms with Crippen LogP contribution >= 0.6 is 12.6 Å². The second kappa shape index (κ2) is 11.1. The molecule has 1 nitrogen and oxygen atoms in total. The molecule has 0 spiro atoms. The molecule has 0 heterocycles. The van der Waals surface area contributed by atoms with E-state index in [-0.39, 0.29) is 0 Å². The molecule has 0 aliphatic rings. The SMILES string of the molecule is Cc1ccc(-c2ccc(Nc3ccccc3)cc2)cc1-c1c(S)cc(-c2ccccc2)cc1-c1ccccc1. The lowest BCUT2D eigenvalue weighted by atomic mass is 9.88. The number of hydrogen-bond donors (Lipinski definition) is 2. The second-order valence-corrected chi connectivity index (χ2v) is 10.2. The molecular weight excluding hydrogens is 490 g/mol. The van der Waals surface area contributed by atoms with Crippen molar-refractivity contribution in [2.45, 2.75) is 11.8 Å². The van der Waals surface area contributed by atoms with Crippen LogP contribution in [0.3, 0.4) is 0 Å². The van der Waals surface area contributed by atoms with Gasteiger partial charge in [-0.3, -0.25) is 0 Å². The fourth-order valence-corrected chi connectivity index (χ4v) is 5.44. The Bertz CT molecular complexity index is 1710. The van der Waals surface area contributed by atoms with Gasteiger partial charge in [0.05, 0.1) is 0 Å². The van der Waals surface area contributed by atoms with Gasteiger partial charge in [-0.15, -0.1) is 12.6 Å². The molecular formula is C37H29NS. The number of nitrogens with one attached hydrogen (secondary N) is 1. The van der Waals surface area contributed by atoms with Crippen LogP contribution in [0.5, 0.6) is 0 Å². The van der Waals surface area contributed by atoms with Crippen molar-refractivity contribution in [1.29, 1.82) is 0 Å². The predicted octanol–water partition coefficient (Wildman–Crippen LogP) is 10.7. The van der Waals surface area contributed by atoms with Crippen molar-refractivity contribution in [1.82, 2.24) is 0 Å². The molecule has 0 saturated heterocycles. The van der Waals surface area contributed by atoms with Crippen molar-refractivity contribution in [2.24, 2.45) is 0 Å². The highest BCUT2D eigenvalue weighted by Crippen LogP contribution is 2.42. The molecule has 0 atom stereocenters. The van der Waals surface area contributed by atoms with Crippen molar-refractivity contribution in [2.75, 3.05) is 5.32 Å². The van der Waals surface area contributed by atoms with E-state index in [9.17, 15) is 0 Å². The zero-order valence-corrected chi connectivity index (χ0v) is 22.7. The normalized spacial score (nSPS) is 10.8. The van der Waals surface area contributed by atoms with Gasteiger partial charge >= 0.3 is 0 Å². The van der Waals surface area contributed by atoms with Crippen molar-refractivity contribution in [3.8, 4) is 44.5 Å². The highest BCUT2D eigenvalue weighted by Gasteiger charge is 2.16. The van der Waals surface area contributed by atoms with E-state index >= 15 is 0 Å². The number of anilines is 2. The van der Waals surface area contributed by atoms with Crippen LogP contribution in [0.15, 0.2) is 150 Å². The highest BCUT2D eigenvalue weighted by atomic mass is 32.1. The number of thiol groups is 1. The summed E-state index contributed by atoms with van der Waals surface area (Å²) in [6.07, 6.45) is 0. The minimum atomic E-state index is 0.970. The van der Waals surface area contributed by atoms with Gasteiger partial charge in [0.25, 0.3) is 0 Å². The molecule has 0 amide bonds. The maximum Gasteiger partial charge on any atom is 0.0384 e. The lowest BCUT2D eigenvalue weighted by Gasteiger charge is -2.19. The van der Waals surface area contributed by atoms with Crippen LogP contribution in [0.4, 0.5) is 11.4 Å². The van der Waals surface area contributed by atoms with Crippen molar-refractivity contribution >= 4 is 24.0 Å². The van der Waals surface area contributed by atoms with E-state index in [1.165, 1.54) is 44.5 Å². The average Bonchev–Trinajstić information content (AvgIpc) is 2.99. The molecule has 0 aromatic heterocycles. The topological polar surface area (TPSA) is 12.0 Å². The first-order chi connectivity index (χ1) is 19.2. The maximum absolute atomic E-state index is 5.07. The van der Waals surface area contributed by atoms with Crippen LogP contribution in [0.2, 0.25) is 0 Å². The minimum Gasteiger partial charge on any atom is -0.356 e. The number of para-hydroxylation sites is 1. The first kappa shape index (κ1) is 24.8. The van der Waals surface area contributed by atoms with E-state index in [0.29, 0.717) is 0 Å². The average molecular weight is 520 g/mol. The second-order valence-electron chi connectivity index (χ2n) is 9.75. The first-order valence-electron chi connectivity index (χ1n) is 13.2. The molecule has 6 rings (SSSR count). The van der Waals surface area contributed by atoms with Gasteiger partial charge in [0.1, 0.15) is 0 Å². The Morgan fingerprint density at radius 3 is 1.62 bits per heavy atom. The number of benzene rings is 6. The molecule has 0 bridgehead atoms. The summed E-state index contributed by atoms with van der Waals surface area (Å²) in [5.74, 6) is 0. The monoisotopic (exact) mass is 519 g/mol. The van der Waals surface area contributed by atoms with Crippen molar-refractivity contribution < 1.29 is 0 Å². The maximum atomic E-state index is 5.07. The van der Waals surface area contributed by atoms with Gasteiger partial charge in [-0.2, -0.15) is 0 Å². The van der Waals surface area contributed by atoms with Crippen LogP contribution in [0.1, 0.15) is 5.56 Å². The van der Waals surface area contributed by atoms with Gasteiger partial charge in [0, 0.05) is 21.8 Å². The Morgan fingerprint density at radius 1 is 0.436 bits per heavy atom. The fraction of sp³-hybridized carbons (Fsp3) is 0.0270. The highest BCUT2D eigenvalue weighted by molar-refractivity contribution is 7.80. The molecule has 39 heavy (non-hydrogen) atoms. The van der Waals surface area contributed by atoms with E-state index in [0.717, 1.165) is 21.8 Å². The van der Waals surface area contributed by atoms with E-state index < -0.39 is 0 Å². The number of aryl methyl sites for hydroxylation is 1. The summed E-state index contributed by atoms with van der Waals surface area (Å²) >= 11 is 5.07. The molecule has 0 radical (unpaired) electrons. The fourth-order valence-electron chi connectivity index (χ4n) is 5.06. The smallest absolute Gasteiger partial charge is 0.0384 e. The van der Waals surface area contributed by atoms with Gasteiger partial charge in [-0.1, -0.05) is 103 Å². The Labute approximate surface area is 236 Å². The third-order valence-electron chi connectivity index (χ3n) is 7.10.